The molecule has 0 radical (unpaired) electrons. The fraction of sp³-hybridized carbons (Fsp3) is 0.417. The average Bonchev–Trinajstić information content (AvgIpc) is 2.83. The standard InChI is InChI=1S/C12H12F2N2O4S/c13-10-2-1-9(5-11(10)14)21(18,19)15-3-4-16-8(6-15)7-20-12(16)17/h1-2,5,8H,3-4,6-7H2. The van der Waals surface area contributed by atoms with E-state index in [1.165, 1.54) is 4.90 Å². The Morgan fingerprint density at radius 1 is 1.19 bits per heavy atom. The minimum Gasteiger partial charge on any atom is -0.447 e. The van der Waals surface area contributed by atoms with Crippen molar-refractivity contribution in [2.24, 2.45) is 0 Å². The predicted molar refractivity (Wildman–Crippen MR) is 67.0 cm³/mol. The molecule has 21 heavy (non-hydrogen) atoms. The number of ether oxygens (including phenoxy) is 1. The molecule has 0 saturated carbocycles. The van der Waals surface area contributed by atoms with E-state index in [1.807, 2.05) is 0 Å². The van der Waals surface area contributed by atoms with Crippen LogP contribution in [0.4, 0.5) is 13.6 Å². The first-order valence-electron chi connectivity index (χ1n) is 6.28. The summed E-state index contributed by atoms with van der Waals surface area (Å²) in [5.41, 5.74) is 0. The van der Waals surface area contributed by atoms with Gasteiger partial charge in [0.05, 0.1) is 10.9 Å². The highest BCUT2D eigenvalue weighted by atomic mass is 32.2. The van der Waals surface area contributed by atoms with E-state index < -0.39 is 27.8 Å². The molecule has 3 rings (SSSR count). The van der Waals surface area contributed by atoms with Gasteiger partial charge in [0.1, 0.15) is 6.61 Å². The fourth-order valence-corrected chi connectivity index (χ4v) is 3.95. The van der Waals surface area contributed by atoms with Gasteiger partial charge in [-0.1, -0.05) is 0 Å². The van der Waals surface area contributed by atoms with Crippen LogP contribution in [0.2, 0.25) is 0 Å². The second-order valence-electron chi connectivity index (χ2n) is 4.86. The average molecular weight is 318 g/mol. The van der Waals surface area contributed by atoms with Gasteiger partial charge in [0, 0.05) is 19.6 Å². The molecule has 2 saturated heterocycles. The van der Waals surface area contributed by atoms with Gasteiger partial charge >= 0.3 is 6.09 Å². The van der Waals surface area contributed by atoms with Crippen LogP contribution < -0.4 is 0 Å². The largest absolute Gasteiger partial charge is 0.447 e. The van der Waals surface area contributed by atoms with Crippen molar-refractivity contribution in [1.82, 2.24) is 9.21 Å². The Morgan fingerprint density at radius 2 is 1.95 bits per heavy atom. The molecule has 1 aromatic carbocycles. The summed E-state index contributed by atoms with van der Waals surface area (Å²) in [4.78, 5) is 12.5. The Morgan fingerprint density at radius 3 is 2.67 bits per heavy atom. The van der Waals surface area contributed by atoms with Crippen molar-refractivity contribution >= 4 is 16.1 Å². The number of hydrogen-bond acceptors (Lipinski definition) is 4. The Labute approximate surface area is 119 Å². The first kappa shape index (κ1) is 14.2. The molecule has 0 bridgehead atoms. The molecule has 2 fully saturated rings. The molecule has 9 heteroatoms. The van der Waals surface area contributed by atoms with Gasteiger partial charge in [-0.2, -0.15) is 4.31 Å². The quantitative estimate of drug-likeness (QED) is 0.808. The van der Waals surface area contributed by atoms with E-state index >= 15 is 0 Å². The Hall–Kier alpha value is -1.74. The molecule has 1 atom stereocenters. The molecule has 6 nitrogen and oxygen atoms in total. The number of amides is 1. The molecule has 0 aromatic heterocycles. The van der Waals surface area contributed by atoms with Crippen molar-refractivity contribution < 1.29 is 26.7 Å². The number of fused-ring (bicyclic) bond motifs is 1. The number of nitrogens with zero attached hydrogens (tertiary/aromatic N) is 2. The lowest BCUT2D eigenvalue weighted by Gasteiger charge is -2.34. The van der Waals surface area contributed by atoms with E-state index in [9.17, 15) is 22.0 Å². The SMILES string of the molecule is O=C1OCC2CN(S(=O)(=O)c3ccc(F)c(F)c3)CCN12. The van der Waals surface area contributed by atoms with E-state index in [2.05, 4.69) is 0 Å². The van der Waals surface area contributed by atoms with Gasteiger partial charge in [-0.25, -0.2) is 22.0 Å². The van der Waals surface area contributed by atoms with Crippen molar-refractivity contribution in [1.29, 1.82) is 0 Å². The Balaban J connectivity index is 1.85. The van der Waals surface area contributed by atoms with E-state index in [0.29, 0.717) is 6.07 Å². The molecule has 2 heterocycles. The maximum atomic E-state index is 13.2. The summed E-state index contributed by atoms with van der Waals surface area (Å²) >= 11 is 0. The van der Waals surface area contributed by atoms with Crippen molar-refractivity contribution in [2.45, 2.75) is 10.9 Å². The number of hydrogen-bond donors (Lipinski definition) is 0. The van der Waals surface area contributed by atoms with Gasteiger partial charge in [0.15, 0.2) is 11.6 Å². The molecule has 1 amide bonds. The highest BCUT2D eigenvalue weighted by Gasteiger charge is 2.41. The van der Waals surface area contributed by atoms with Crippen molar-refractivity contribution in [3.05, 3.63) is 29.8 Å². The third kappa shape index (κ3) is 2.36. The van der Waals surface area contributed by atoms with Crippen LogP contribution in [0, 0.1) is 11.6 Å². The van der Waals surface area contributed by atoms with Crippen LogP contribution in [-0.2, 0) is 14.8 Å². The molecule has 0 N–H and O–H groups in total. The lowest BCUT2D eigenvalue weighted by molar-refractivity contribution is 0.147. The Kier molecular flexibility index (Phi) is 3.33. The van der Waals surface area contributed by atoms with Crippen LogP contribution in [0.5, 0.6) is 0 Å². The second-order valence-corrected chi connectivity index (χ2v) is 6.80. The van der Waals surface area contributed by atoms with Crippen LogP contribution in [-0.4, -0.2) is 56.0 Å². The summed E-state index contributed by atoms with van der Waals surface area (Å²) in [5.74, 6) is -2.32. The number of sulfonamides is 1. The molecule has 0 spiro atoms. The highest BCUT2D eigenvalue weighted by molar-refractivity contribution is 7.89. The summed E-state index contributed by atoms with van der Waals surface area (Å²) in [6.45, 7) is 0.509. The van der Waals surface area contributed by atoms with Gasteiger partial charge < -0.3 is 4.74 Å². The van der Waals surface area contributed by atoms with Gasteiger partial charge in [-0.05, 0) is 18.2 Å². The lowest BCUT2D eigenvalue weighted by atomic mass is 10.2. The van der Waals surface area contributed by atoms with Gasteiger partial charge in [-0.3, -0.25) is 4.90 Å². The van der Waals surface area contributed by atoms with Crippen molar-refractivity contribution in [3.8, 4) is 0 Å². The van der Waals surface area contributed by atoms with E-state index in [4.69, 9.17) is 4.74 Å². The molecule has 2 aliphatic heterocycles. The van der Waals surface area contributed by atoms with Crippen LogP contribution in [0.25, 0.3) is 0 Å². The summed E-state index contributed by atoms with van der Waals surface area (Å²) < 4.78 is 57.0. The monoisotopic (exact) mass is 318 g/mol. The number of piperazine rings is 1. The van der Waals surface area contributed by atoms with Gasteiger partial charge in [-0.15, -0.1) is 0 Å². The molecule has 114 valence electrons. The number of rotatable bonds is 2. The number of carbonyl (C=O) groups excluding carboxylic acids is 1. The topological polar surface area (TPSA) is 66.9 Å². The first-order valence-corrected chi connectivity index (χ1v) is 7.72. The molecule has 0 aliphatic carbocycles. The summed E-state index contributed by atoms with van der Waals surface area (Å²) in [7, 11) is -3.92. The molecule has 1 aromatic rings. The number of cyclic esters (lactones) is 1. The Bertz CT molecular complexity index is 694. The van der Waals surface area contributed by atoms with Crippen molar-refractivity contribution in [3.63, 3.8) is 0 Å². The minimum absolute atomic E-state index is 0.0765. The zero-order valence-electron chi connectivity index (χ0n) is 10.8. The van der Waals surface area contributed by atoms with Crippen LogP contribution in [0.1, 0.15) is 0 Å². The zero-order valence-corrected chi connectivity index (χ0v) is 11.6. The number of carbonyl (C=O) groups is 1. The second kappa shape index (κ2) is 4.92. The molecule has 2 aliphatic rings. The molecular weight excluding hydrogens is 306 g/mol. The predicted octanol–water partition coefficient (Wildman–Crippen LogP) is 0.790. The maximum Gasteiger partial charge on any atom is 0.410 e. The van der Waals surface area contributed by atoms with E-state index in [0.717, 1.165) is 16.4 Å². The van der Waals surface area contributed by atoms with Gasteiger partial charge in [0.2, 0.25) is 10.0 Å². The zero-order chi connectivity index (χ0) is 15.2. The first-order chi connectivity index (χ1) is 9.89. The van der Waals surface area contributed by atoms with Crippen LogP contribution >= 0.6 is 0 Å². The number of benzene rings is 1. The highest BCUT2D eigenvalue weighted by Crippen LogP contribution is 2.24. The summed E-state index contributed by atoms with van der Waals surface area (Å²) in [5, 5.41) is 0. The van der Waals surface area contributed by atoms with Crippen LogP contribution in [0.15, 0.2) is 23.1 Å². The summed E-state index contributed by atoms with van der Waals surface area (Å²) in [6.07, 6.45) is -0.454. The van der Waals surface area contributed by atoms with Crippen LogP contribution in [0.3, 0.4) is 0 Å². The number of halogens is 2. The smallest absolute Gasteiger partial charge is 0.410 e. The normalized spacial score (nSPS) is 23.0. The fourth-order valence-electron chi connectivity index (χ4n) is 2.46. The van der Waals surface area contributed by atoms with E-state index in [-0.39, 0.29) is 37.2 Å². The lowest BCUT2D eigenvalue weighted by Crippen LogP contribution is -2.53. The van der Waals surface area contributed by atoms with Crippen molar-refractivity contribution in [2.75, 3.05) is 26.2 Å². The summed E-state index contributed by atoms with van der Waals surface area (Å²) in [6, 6.07) is 2.12. The third-order valence-corrected chi connectivity index (χ3v) is 5.47. The molecule has 1 unspecified atom stereocenters. The minimum atomic E-state index is -3.92. The maximum absolute atomic E-state index is 13.2. The molecular formula is C12H12F2N2O4S. The van der Waals surface area contributed by atoms with Gasteiger partial charge in [0.25, 0.3) is 0 Å². The van der Waals surface area contributed by atoms with E-state index in [1.54, 1.807) is 0 Å². The third-order valence-electron chi connectivity index (χ3n) is 3.61.